The van der Waals surface area contributed by atoms with Crippen LogP contribution in [0.1, 0.15) is 5.69 Å². The van der Waals surface area contributed by atoms with Crippen LogP contribution in [-0.2, 0) is 0 Å². The third kappa shape index (κ3) is 1.78. The fourth-order valence-corrected chi connectivity index (χ4v) is 1.58. The van der Waals surface area contributed by atoms with Gasteiger partial charge in [0.2, 0.25) is 0 Å². The van der Waals surface area contributed by atoms with Gasteiger partial charge in [-0.25, -0.2) is 0 Å². The second-order valence-corrected chi connectivity index (χ2v) is 3.43. The monoisotopic (exact) mass is 202 g/mol. The minimum absolute atomic E-state index is 0.690. The highest BCUT2D eigenvalue weighted by Gasteiger charge is 2.02. The standard InChI is InChI=1S/C12H9ClN/c1-9-7-12(13)11(8-14-9)10-5-3-2-4-6-10/h2-8H,1H2. The molecule has 0 aliphatic rings. The second kappa shape index (κ2) is 3.81. The van der Waals surface area contributed by atoms with Gasteiger partial charge in [-0.15, -0.1) is 0 Å². The largest absolute Gasteiger partial charge is 0.261 e. The van der Waals surface area contributed by atoms with Gasteiger partial charge in [-0.05, 0) is 18.6 Å². The molecule has 0 unspecified atom stereocenters. The third-order valence-electron chi connectivity index (χ3n) is 1.99. The summed E-state index contributed by atoms with van der Waals surface area (Å²) < 4.78 is 0. The molecule has 1 radical (unpaired) electrons. The minimum Gasteiger partial charge on any atom is -0.261 e. The molecule has 14 heavy (non-hydrogen) atoms. The highest BCUT2D eigenvalue weighted by atomic mass is 35.5. The Balaban J connectivity index is 2.53. The van der Waals surface area contributed by atoms with Crippen molar-refractivity contribution in [3.63, 3.8) is 0 Å². The summed E-state index contributed by atoms with van der Waals surface area (Å²) in [5.74, 6) is 0. The van der Waals surface area contributed by atoms with Gasteiger partial charge in [-0.2, -0.15) is 0 Å². The van der Waals surface area contributed by atoms with Crippen LogP contribution >= 0.6 is 11.6 Å². The molecule has 2 heteroatoms. The summed E-state index contributed by atoms with van der Waals surface area (Å²) in [7, 11) is 0. The molecule has 0 fully saturated rings. The lowest BCUT2D eigenvalue weighted by atomic mass is 10.1. The number of hydrogen-bond donors (Lipinski definition) is 0. The summed E-state index contributed by atoms with van der Waals surface area (Å²) in [6, 6.07) is 11.7. The van der Waals surface area contributed by atoms with Crippen LogP contribution in [0.4, 0.5) is 0 Å². The Kier molecular flexibility index (Phi) is 2.51. The zero-order valence-electron chi connectivity index (χ0n) is 7.57. The summed E-state index contributed by atoms with van der Waals surface area (Å²) in [5, 5.41) is 0.691. The van der Waals surface area contributed by atoms with Crippen LogP contribution in [0.5, 0.6) is 0 Å². The van der Waals surface area contributed by atoms with Crippen molar-refractivity contribution in [1.82, 2.24) is 4.98 Å². The topological polar surface area (TPSA) is 12.9 Å². The summed E-state index contributed by atoms with van der Waals surface area (Å²) in [6.45, 7) is 3.72. The van der Waals surface area contributed by atoms with E-state index in [1.54, 1.807) is 12.3 Å². The highest BCUT2D eigenvalue weighted by Crippen LogP contribution is 2.26. The number of rotatable bonds is 1. The van der Waals surface area contributed by atoms with E-state index in [9.17, 15) is 0 Å². The molecule has 0 bridgehead atoms. The molecule has 2 rings (SSSR count). The molecule has 0 spiro atoms. The third-order valence-corrected chi connectivity index (χ3v) is 2.31. The molecule has 0 amide bonds. The fraction of sp³-hybridized carbons (Fsp3) is 0. The summed E-state index contributed by atoms with van der Waals surface area (Å²) in [6.07, 6.45) is 1.75. The second-order valence-electron chi connectivity index (χ2n) is 3.02. The van der Waals surface area contributed by atoms with Crippen molar-refractivity contribution in [2.45, 2.75) is 0 Å². The number of nitrogens with zero attached hydrogens (tertiary/aromatic N) is 1. The molecule has 0 aliphatic heterocycles. The summed E-state index contributed by atoms with van der Waals surface area (Å²) in [4.78, 5) is 4.12. The lowest BCUT2D eigenvalue weighted by molar-refractivity contribution is 1.27. The average Bonchev–Trinajstić information content (AvgIpc) is 2.19. The first kappa shape index (κ1) is 9.22. The van der Waals surface area contributed by atoms with Crippen LogP contribution in [0.2, 0.25) is 5.02 Å². The molecule has 0 saturated carbocycles. The molecule has 1 aromatic heterocycles. The van der Waals surface area contributed by atoms with Crippen molar-refractivity contribution in [3.8, 4) is 11.1 Å². The Bertz CT molecular complexity index is 437. The molecule has 0 atom stereocenters. The predicted molar refractivity (Wildman–Crippen MR) is 59.1 cm³/mol. The van der Waals surface area contributed by atoms with Gasteiger partial charge in [0, 0.05) is 17.5 Å². The number of hydrogen-bond acceptors (Lipinski definition) is 1. The predicted octanol–water partition coefficient (Wildman–Crippen LogP) is 3.58. The molecule has 1 aromatic carbocycles. The first-order valence-corrected chi connectivity index (χ1v) is 4.68. The van der Waals surface area contributed by atoms with E-state index < -0.39 is 0 Å². The Hall–Kier alpha value is -1.34. The summed E-state index contributed by atoms with van der Waals surface area (Å²) >= 11 is 6.08. The number of halogens is 1. The first-order chi connectivity index (χ1) is 6.77. The normalized spacial score (nSPS) is 10.1. The summed E-state index contributed by atoms with van der Waals surface area (Å²) in [5.41, 5.74) is 2.71. The van der Waals surface area contributed by atoms with E-state index in [0.29, 0.717) is 10.7 Å². The van der Waals surface area contributed by atoms with Gasteiger partial charge in [-0.3, -0.25) is 4.98 Å². The molecule has 2 aromatic rings. The molecular formula is C12H9ClN. The van der Waals surface area contributed by atoms with Crippen LogP contribution in [-0.4, -0.2) is 4.98 Å². The molecular weight excluding hydrogens is 194 g/mol. The quantitative estimate of drug-likeness (QED) is 0.689. The van der Waals surface area contributed by atoms with E-state index in [2.05, 4.69) is 11.9 Å². The van der Waals surface area contributed by atoms with E-state index in [1.165, 1.54) is 0 Å². The average molecular weight is 203 g/mol. The van der Waals surface area contributed by atoms with Crippen molar-refractivity contribution in [1.29, 1.82) is 0 Å². The molecule has 0 N–H and O–H groups in total. The van der Waals surface area contributed by atoms with Crippen LogP contribution < -0.4 is 0 Å². The van der Waals surface area contributed by atoms with Gasteiger partial charge in [-0.1, -0.05) is 41.9 Å². The van der Waals surface area contributed by atoms with Gasteiger partial charge >= 0.3 is 0 Å². The van der Waals surface area contributed by atoms with Gasteiger partial charge in [0.15, 0.2) is 0 Å². The Morgan fingerprint density at radius 3 is 2.50 bits per heavy atom. The molecule has 1 heterocycles. The minimum atomic E-state index is 0.690. The van der Waals surface area contributed by atoms with Crippen molar-refractivity contribution in [2.75, 3.05) is 0 Å². The fourth-order valence-electron chi connectivity index (χ4n) is 1.30. The first-order valence-electron chi connectivity index (χ1n) is 4.30. The van der Waals surface area contributed by atoms with Crippen molar-refractivity contribution >= 4 is 11.6 Å². The number of aromatic nitrogens is 1. The van der Waals surface area contributed by atoms with Gasteiger partial charge in [0.05, 0.1) is 5.02 Å². The van der Waals surface area contributed by atoms with Gasteiger partial charge < -0.3 is 0 Å². The van der Waals surface area contributed by atoms with E-state index >= 15 is 0 Å². The lowest BCUT2D eigenvalue weighted by Crippen LogP contribution is -1.84. The maximum Gasteiger partial charge on any atom is 0.0517 e. The maximum absolute atomic E-state index is 6.08. The van der Waals surface area contributed by atoms with Crippen LogP contribution in [0.3, 0.4) is 0 Å². The zero-order chi connectivity index (χ0) is 9.97. The Morgan fingerprint density at radius 2 is 1.86 bits per heavy atom. The van der Waals surface area contributed by atoms with Gasteiger partial charge in [0.1, 0.15) is 0 Å². The molecule has 0 aliphatic carbocycles. The Labute approximate surface area is 88.4 Å². The van der Waals surface area contributed by atoms with Crippen molar-refractivity contribution < 1.29 is 0 Å². The van der Waals surface area contributed by atoms with Gasteiger partial charge in [0.25, 0.3) is 0 Å². The van der Waals surface area contributed by atoms with Crippen LogP contribution in [0.25, 0.3) is 11.1 Å². The van der Waals surface area contributed by atoms with Crippen molar-refractivity contribution in [3.05, 3.63) is 60.2 Å². The van der Waals surface area contributed by atoms with Crippen LogP contribution in [0.15, 0.2) is 42.6 Å². The van der Waals surface area contributed by atoms with E-state index in [-0.39, 0.29) is 0 Å². The maximum atomic E-state index is 6.08. The molecule has 1 nitrogen and oxygen atoms in total. The lowest BCUT2D eigenvalue weighted by Gasteiger charge is -2.03. The van der Waals surface area contributed by atoms with E-state index in [1.807, 2.05) is 30.3 Å². The molecule has 69 valence electrons. The smallest absolute Gasteiger partial charge is 0.0517 e. The SMILES string of the molecule is [CH2]c1cc(Cl)c(-c2ccccc2)cn1. The van der Waals surface area contributed by atoms with E-state index in [0.717, 1.165) is 11.1 Å². The van der Waals surface area contributed by atoms with Crippen LogP contribution in [0, 0.1) is 6.92 Å². The molecule has 0 saturated heterocycles. The number of benzene rings is 1. The van der Waals surface area contributed by atoms with Crippen molar-refractivity contribution in [2.24, 2.45) is 0 Å². The zero-order valence-corrected chi connectivity index (χ0v) is 8.33. The van der Waals surface area contributed by atoms with E-state index in [4.69, 9.17) is 11.6 Å². The number of pyridine rings is 1. The Morgan fingerprint density at radius 1 is 1.14 bits per heavy atom. The highest BCUT2D eigenvalue weighted by molar-refractivity contribution is 6.33.